The van der Waals surface area contributed by atoms with Gasteiger partial charge < -0.3 is 9.29 Å². The van der Waals surface area contributed by atoms with E-state index in [1.165, 1.54) is 6.92 Å². The van der Waals surface area contributed by atoms with E-state index in [1.807, 2.05) is 0 Å². The smallest absolute Gasteiger partial charge is 0.743 e. The molecule has 0 radical (unpaired) electrons. The molecule has 5 nitrogen and oxygen atoms in total. The zero-order valence-electron chi connectivity index (χ0n) is 9.78. The largest absolute Gasteiger partial charge is 1.00 e. The SMILES string of the molecule is C=CC(=O)OC(F)(CCC)C(F)(F)S(=O)(=O)[O-].[Na+]. The Morgan fingerprint density at radius 2 is 1.89 bits per heavy atom. The second kappa shape index (κ2) is 6.90. The van der Waals surface area contributed by atoms with Crippen molar-refractivity contribution in [1.29, 1.82) is 0 Å². The molecule has 0 rings (SSSR count). The molecule has 0 amide bonds. The number of alkyl halides is 3. The summed E-state index contributed by atoms with van der Waals surface area (Å²) in [5, 5.41) is -5.37. The van der Waals surface area contributed by atoms with Crippen LogP contribution in [0.15, 0.2) is 12.7 Å². The molecule has 0 aromatic heterocycles. The van der Waals surface area contributed by atoms with Crippen LogP contribution in [0.4, 0.5) is 13.2 Å². The van der Waals surface area contributed by atoms with Crippen LogP contribution in [-0.2, 0) is 19.6 Å². The molecule has 0 aliphatic rings. The number of carbonyl (C=O) groups is 1. The third-order valence-corrected chi connectivity index (χ3v) is 2.68. The van der Waals surface area contributed by atoms with Gasteiger partial charge >= 0.3 is 46.6 Å². The van der Waals surface area contributed by atoms with Crippen LogP contribution in [0.3, 0.4) is 0 Å². The first-order valence-electron chi connectivity index (χ1n) is 4.39. The van der Waals surface area contributed by atoms with Crippen LogP contribution in [0.2, 0.25) is 0 Å². The van der Waals surface area contributed by atoms with Gasteiger partial charge in [-0.15, -0.1) is 0 Å². The van der Waals surface area contributed by atoms with Gasteiger partial charge in [0.15, 0.2) is 10.1 Å². The van der Waals surface area contributed by atoms with Crippen LogP contribution >= 0.6 is 0 Å². The van der Waals surface area contributed by atoms with E-state index in [4.69, 9.17) is 0 Å². The van der Waals surface area contributed by atoms with Gasteiger partial charge in [0, 0.05) is 12.5 Å². The Morgan fingerprint density at radius 1 is 1.44 bits per heavy atom. The van der Waals surface area contributed by atoms with Gasteiger partial charge in [0.05, 0.1) is 0 Å². The van der Waals surface area contributed by atoms with Gasteiger partial charge in [-0.3, -0.25) is 0 Å². The number of esters is 1. The van der Waals surface area contributed by atoms with Crippen LogP contribution < -0.4 is 29.6 Å². The van der Waals surface area contributed by atoms with Gasteiger partial charge in [-0.2, -0.15) is 13.2 Å². The zero-order chi connectivity index (χ0) is 13.9. The van der Waals surface area contributed by atoms with E-state index >= 15 is 0 Å². The summed E-state index contributed by atoms with van der Waals surface area (Å²) in [6, 6.07) is 0. The monoisotopic (exact) mass is 298 g/mol. The fourth-order valence-electron chi connectivity index (χ4n) is 0.965. The van der Waals surface area contributed by atoms with Gasteiger partial charge in [0.2, 0.25) is 0 Å². The molecule has 0 aromatic rings. The molecule has 0 aliphatic carbocycles. The Balaban J connectivity index is 0. The Morgan fingerprint density at radius 3 is 2.17 bits per heavy atom. The summed E-state index contributed by atoms with van der Waals surface area (Å²) in [6.07, 6.45) is -1.04. The van der Waals surface area contributed by atoms with Gasteiger partial charge in [-0.1, -0.05) is 13.5 Å². The first-order valence-corrected chi connectivity index (χ1v) is 5.80. The number of hydrogen-bond donors (Lipinski definition) is 0. The molecule has 0 bridgehead atoms. The van der Waals surface area contributed by atoms with Crippen molar-refractivity contribution in [3.63, 3.8) is 0 Å². The summed E-state index contributed by atoms with van der Waals surface area (Å²) in [4.78, 5) is 10.7. The molecule has 0 spiro atoms. The topological polar surface area (TPSA) is 83.5 Å². The maximum atomic E-state index is 13.7. The van der Waals surface area contributed by atoms with E-state index in [1.54, 1.807) is 0 Å². The van der Waals surface area contributed by atoms with E-state index in [0.717, 1.165) is 0 Å². The molecule has 0 aliphatic heterocycles. The van der Waals surface area contributed by atoms with Crippen molar-refractivity contribution in [3.05, 3.63) is 12.7 Å². The van der Waals surface area contributed by atoms with Crippen LogP contribution in [0.1, 0.15) is 19.8 Å². The van der Waals surface area contributed by atoms with Crippen molar-refractivity contribution in [2.45, 2.75) is 30.9 Å². The van der Waals surface area contributed by atoms with Crippen LogP contribution in [0.5, 0.6) is 0 Å². The minimum Gasteiger partial charge on any atom is -0.743 e. The molecule has 0 fully saturated rings. The van der Waals surface area contributed by atoms with Crippen LogP contribution in [-0.4, -0.2) is 30.0 Å². The average Bonchev–Trinajstić information content (AvgIpc) is 2.15. The Hall–Kier alpha value is -0.0900. The molecule has 0 N–H and O–H groups in total. The molecular weight excluding hydrogens is 288 g/mol. The first kappa shape index (κ1) is 20.2. The molecule has 0 saturated carbocycles. The summed E-state index contributed by atoms with van der Waals surface area (Å²) in [7, 11) is -6.31. The van der Waals surface area contributed by atoms with E-state index in [0.29, 0.717) is 6.08 Å². The fourth-order valence-corrected chi connectivity index (χ4v) is 1.48. The van der Waals surface area contributed by atoms with Crippen molar-refractivity contribution >= 4 is 16.1 Å². The molecule has 1 atom stereocenters. The predicted octanol–water partition coefficient (Wildman–Crippen LogP) is -1.68. The van der Waals surface area contributed by atoms with Crippen LogP contribution in [0, 0.1) is 0 Å². The second-order valence-corrected chi connectivity index (χ2v) is 4.50. The van der Waals surface area contributed by atoms with Crippen LogP contribution in [0.25, 0.3) is 0 Å². The number of carbonyl (C=O) groups excluding carboxylic acids is 1. The quantitative estimate of drug-likeness (QED) is 0.253. The maximum absolute atomic E-state index is 13.7. The molecule has 1 unspecified atom stereocenters. The third kappa shape index (κ3) is 4.23. The number of halogens is 3. The summed E-state index contributed by atoms with van der Waals surface area (Å²) in [5.41, 5.74) is 0. The molecule has 100 valence electrons. The Kier molecular flexibility index (Phi) is 7.75. The summed E-state index contributed by atoms with van der Waals surface area (Å²) in [5.74, 6) is -5.79. The minimum atomic E-state index is -6.31. The van der Waals surface area contributed by atoms with E-state index < -0.39 is 33.6 Å². The predicted molar refractivity (Wildman–Crippen MR) is 49.7 cm³/mol. The van der Waals surface area contributed by atoms with E-state index in [9.17, 15) is 30.9 Å². The third-order valence-electron chi connectivity index (χ3n) is 1.75. The second-order valence-electron chi connectivity index (χ2n) is 3.07. The van der Waals surface area contributed by atoms with Crippen molar-refractivity contribution < 1.29 is 65.2 Å². The van der Waals surface area contributed by atoms with Crippen molar-refractivity contribution in [1.82, 2.24) is 0 Å². The molecule has 18 heavy (non-hydrogen) atoms. The van der Waals surface area contributed by atoms with Gasteiger partial charge in [-0.25, -0.2) is 13.2 Å². The number of hydrogen-bond acceptors (Lipinski definition) is 5. The van der Waals surface area contributed by atoms with E-state index in [-0.39, 0.29) is 36.0 Å². The van der Waals surface area contributed by atoms with Gasteiger partial charge in [-0.05, 0) is 6.42 Å². The summed E-state index contributed by atoms with van der Waals surface area (Å²) in [6.45, 7) is 4.08. The normalized spacial score (nSPS) is 15.2. The number of rotatable bonds is 6. The molecule has 0 aromatic carbocycles. The maximum Gasteiger partial charge on any atom is 1.00 e. The molecular formula is C8H10F3NaO5S. The molecule has 10 heteroatoms. The molecule has 0 saturated heterocycles. The standard InChI is InChI=1S/C8H11F3O5S.Na/c1-3-5-7(9,16-6(12)4-2)8(10,11)17(13,14)15;/h4H,2-3,5H2,1H3,(H,13,14,15);/q;+1/p-1. The van der Waals surface area contributed by atoms with Crippen molar-refractivity contribution in [2.75, 3.05) is 0 Å². The van der Waals surface area contributed by atoms with E-state index in [2.05, 4.69) is 11.3 Å². The van der Waals surface area contributed by atoms with Crippen molar-refractivity contribution in [3.8, 4) is 0 Å². The Labute approximate surface area is 124 Å². The average molecular weight is 298 g/mol. The number of ether oxygens (including phenoxy) is 1. The van der Waals surface area contributed by atoms with Crippen molar-refractivity contribution in [2.24, 2.45) is 0 Å². The summed E-state index contributed by atoms with van der Waals surface area (Å²) < 4.78 is 74.3. The summed E-state index contributed by atoms with van der Waals surface area (Å²) >= 11 is 0. The van der Waals surface area contributed by atoms with Gasteiger partial charge in [0.1, 0.15) is 0 Å². The Bertz CT molecular complexity index is 411. The minimum absolute atomic E-state index is 0. The zero-order valence-corrected chi connectivity index (χ0v) is 12.6. The molecule has 0 heterocycles. The van der Waals surface area contributed by atoms with Gasteiger partial charge in [0.25, 0.3) is 0 Å². The fraction of sp³-hybridized carbons (Fsp3) is 0.625. The first-order chi connectivity index (χ1) is 7.52.